The highest BCUT2D eigenvalue weighted by Gasteiger charge is 2.15. The summed E-state index contributed by atoms with van der Waals surface area (Å²) in [4.78, 5) is 31.3. The summed E-state index contributed by atoms with van der Waals surface area (Å²) in [6, 6.07) is 18.5. The lowest BCUT2D eigenvalue weighted by atomic mass is 10.1. The molecule has 0 unspecified atom stereocenters. The molecule has 0 fully saturated rings. The van der Waals surface area contributed by atoms with E-state index < -0.39 is 5.91 Å². The number of nitrogens with two attached hydrogens (primary N) is 1. The van der Waals surface area contributed by atoms with Crippen LogP contribution in [0, 0.1) is 0 Å². The molecule has 4 rings (SSSR count). The van der Waals surface area contributed by atoms with Gasteiger partial charge in [-0.05, 0) is 30.3 Å². The molecular formula is C21H17N5O2S. The lowest BCUT2D eigenvalue weighted by Gasteiger charge is -2.11. The van der Waals surface area contributed by atoms with Gasteiger partial charge < -0.3 is 16.0 Å². The predicted molar refractivity (Wildman–Crippen MR) is 115 cm³/mol. The first-order chi connectivity index (χ1) is 14.1. The van der Waals surface area contributed by atoms with Gasteiger partial charge in [0.25, 0.3) is 11.8 Å². The number of nitrogens with one attached hydrogen (secondary N) is 3. The monoisotopic (exact) mass is 403 g/mol. The van der Waals surface area contributed by atoms with Crippen LogP contribution < -0.4 is 16.4 Å². The average molecular weight is 403 g/mol. The summed E-state index contributed by atoms with van der Waals surface area (Å²) in [5, 5.41) is 8.35. The second kappa shape index (κ2) is 7.99. The Morgan fingerprint density at radius 1 is 1.03 bits per heavy atom. The van der Waals surface area contributed by atoms with E-state index in [1.807, 2.05) is 48.5 Å². The van der Waals surface area contributed by atoms with Gasteiger partial charge in [-0.3, -0.25) is 14.9 Å². The van der Waals surface area contributed by atoms with Crippen LogP contribution in [0.2, 0.25) is 0 Å². The smallest absolute Gasteiger partial charge is 0.265 e. The zero-order chi connectivity index (χ0) is 20.2. The van der Waals surface area contributed by atoms with Gasteiger partial charge >= 0.3 is 0 Å². The number of nitrogens with zero attached hydrogens (tertiary/aromatic N) is 1. The van der Waals surface area contributed by atoms with Gasteiger partial charge in [-0.2, -0.15) is 0 Å². The summed E-state index contributed by atoms with van der Waals surface area (Å²) in [6.45, 7) is 0. The minimum atomic E-state index is -0.539. The van der Waals surface area contributed by atoms with Crippen LogP contribution >= 0.6 is 11.3 Å². The third-order valence-electron chi connectivity index (χ3n) is 4.19. The average Bonchev–Trinajstić information content (AvgIpc) is 3.39. The van der Waals surface area contributed by atoms with Crippen LogP contribution in [-0.4, -0.2) is 21.8 Å². The van der Waals surface area contributed by atoms with Crippen molar-refractivity contribution in [2.75, 3.05) is 10.6 Å². The number of para-hydroxylation sites is 2. The van der Waals surface area contributed by atoms with Crippen LogP contribution in [0.3, 0.4) is 0 Å². The van der Waals surface area contributed by atoms with Gasteiger partial charge in [-0.1, -0.05) is 30.3 Å². The Balaban J connectivity index is 1.52. The van der Waals surface area contributed by atoms with E-state index in [-0.39, 0.29) is 5.91 Å². The largest absolute Gasteiger partial charge is 0.364 e. The number of primary amides is 1. The van der Waals surface area contributed by atoms with Crippen LogP contribution in [-0.2, 0) is 0 Å². The number of carbonyl (C=O) groups excluding carboxylic acids is 2. The summed E-state index contributed by atoms with van der Waals surface area (Å²) in [5.74, 6) is -0.806. The lowest BCUT2D eigenvalue weighted by molar-refractivity contribution is 0.0994. The zero-order valence-corrected chi connectivity index (χ0v) is 16.0. The molecule has 29 heavy (non-hydrogen) atoms. The first-order valence-corrected chi connectivity index (χ1v) is 9.65. The number of amides is 2. The fraction of sp³-hybridized carbons (Fsp3) is 0. The quantitative estimate of drug-likeness (QED) is 0.386. The Bertz CT molecular complexity index is 1170. The number of thiazole rings is 1. The highest BCUT2D eigenvalue weighted by molar-refractivity contribution is 7.14. The number of hydrogen-bond acceptors (Lipinski definition) is 5. The van der Waals surface area contributed by atoms with Gasteiger partial charge in [-0.25, -0.2) is 4.98 Å². The van der Waals surface area contributed by atoms with Crippen molar-refractivity contribution in [2.24, 2.45) is 5.73 Å². The minimum Gasteiger partial charge on any atom is -0.364 e. The number of H-pyrrole nitrogens is 1. The van der Waals surface area contributed by atoms with Crippen LogP contribution in [0.25, 0.3) is 11.3 Å². The van der Waals surface area contributed by atoms with Gasteiger partial charge in [0.15, 0.2) is 5.13 Å². The molecule has 0 aliphatic rings. The standard InChI is InChI=1S/C21H17N5O2S/c22-19(27)17-10-13(11-23-17)18-12-29-21(25-18)26-20(28)15-8-4-5-9-16(15)24-14-6-2-1-3-7-14/h1-12,23-24H,(H2,22,27)(H,25,26,28). The molecule has 0 bridgehead atoms. The van der Waals surface area contributed by atoms with Crippen molar-refractivity contribution in [1.29, 1.82) is 0 Å². The Hall–Kier alpha value is -3.91. The first kappa shape index (κ1) is 18.5. The number of rotatable bonds is 6. The molecule has 0 radical (unpaired) electrons. The minimum absolute atomic E-state index is 0.267. The Morgan fingerprint density at radius 3 is 2.55 bits per heavy atom. The van der Waals surface area contributed by atoms with Crippen LogP contribution in [0.1, 0.15) is 20.8 Å². The molecule has 144 valence electrons. The lowest BCUT2D eigenvalue weighted by Crippen LogP contribution is -2.13. The molecule has 0 aliphatic carbocycles. The normalized spacial score (nSPS) is 10.5. The van der Waals surface area contributed by atoms with Crippen molar-refractivity contribution in [3.63, 3.8) is 0 Å². The Labute approximate surface area is 170 Å². The molecular weight excluding hydrogens is 386 g/mol. The maximum atomic E-state index is 12.8. The van der Waals surface area contributed by atoms with E-state index in [9.17, 15) is 9.59 Å². The van der Waals surface area contributed by atoms with Gasteiger partial charge in [0.05, 0.1) is 16.9 Å². The topological polar surface area (TPSA) is 113 Å². The molecule has 0 aliphatic heterocycles. The summed E-state index contributed by atoms with van der Waals surface area (Å²) < 4.78 is 0. The Kier molecular flexibility index (Phi) is 5.08. The van der Waals surface area contributed by atoms with E-state index >= 15 is 0 Å². The molecule has 2 heterocycles. The van der Waals surface area contributed by atoms with Crippen molar-refractivity contribution in [1.82, 2.24) is 9.97 Å². The first-order valence-electron chi connectivity index (χ1n) is 8.77. The molecule has 0 atom stereocenters. The third-order valence-corrected chi connectivity index (χ3v) is 4.95. The maximum absolute atomic E-state index is 12.8. The van der Waals surface area contributed by atoms with E-state index in [1.165, 1.54) is 11.3 Å². The van der Waals surface area contributed by atoms with Gasteiger partial charge in [0, 0.05) is 22.8 Å². The van der Waals surface area contributed by atoms with Crippen LogP contribution in [0.5, 0.6) is 0 Å². The van der Waals surface area contributed by atoms with Crippen LogP contribution in [0.15, 0.2) is 72.2 Å². The SMILES string of the molecule is NC(=O)c1cc(-c2csc(NC(=O)c3ccccc3Nc3ccccc3)n2)c[nH]1. The molecule has 0 saturated carbocycles. The highest BCUT2D eigenvalue weighted by atomic mass is 32.1. The summed E-state index contributed by atoms with van der Waals surface area (Å²) in [5.41, 5.74) is 9.03. The van der Waals surface area contributed by atoms with Crippen molar-refractivity contribution < 1.29 is 9.59 Å². The maximum Gasteiger partial charge on any atom is 0.265 e. The molecule has 4 aromatic rings. The predicted octanol–water partition coefficient (Wildman–Crippen LogP) is 4.23. The number of hydrogen-bond donors (Lipinski definition) is 4. The van der Waals surface area contributed by atoms with Gasteiger partial charge in [-0.15, -0.1) is 11.3 Å². The zero-order valence-electron chi connectivity index (χ0n) is 15.2. The molecule has 2 amide bonds. The summed E-state index contributed by atoms with van der Waals surface area (Å²) in [7, 11) is 0. The highest BCUT2D eigenvalue weighted by Crippen LogP contribution is 2.27. The second-order valence-corrected chi connectivity index (χ2v) is 7.05. The van der Waals surface area contributed by atoms with E-state index in [0.717, 1.165) is 11.3 Å². The number of anilines is 3. The van der Waals surface area contributed by atoms with Crippen molar-refractivity contribution >= 4 is 39.7 Å². The van der Waals surface area contributed by atoms with E-state index in [4.69, 9.17) is 5.73 Å². The number of aromatic amines is 1. The fourth-order valence-electron chi connectivity index (χ4n) is 2.78. The second-order valence-electron chi connectivity index (χ2n) is 6.19. The van der Waals surface area contributed by atoms with E-state index in [0.29, 0.717) is 27.8 Å². The Morgan fingerprint density at radius 2 is 1.79 bits per heavy atom. The number of aromatic nitrogens is 2. The molecule has 7 nitrogen and oxygen atoms in total. The molecule has 5 N–H and O–H groups in total. The third kappa shape index (κ3) is 4.17. The number of carbonyl (C=O) groups is 2. The van der Waals surface area contributed by atoms with E-state index in [2.05, 4.69) is 20.6 Å². The van der Waals surface area contributed by atoms with Crippen molar-refractivity contribution in [3.8, 4) is 11.3 Å². The molecule has 2 aromatic carbocycles. The van der Waals surface area contributed by atoms with E-state index in [1.54, 1.807) is 23.7 Å². The summed E-state index contributed by atoms with van der Waals surface area (Å²) >= 11 is 1.30. The molecule has 8 heteroatoms. The molecule has 0 saturated heterocycles. The fourth-order valence-corrected chi connectivity index (χ4v) is 3.49. The van der Waals surface area contributed by atoms with Crippen molar-refractivity contribution in [3.05, 3.63) is 83.5 Å². The van der Waals surface area contributed by atoms with Crippen molar-refractivity contribution in [2.45, 2.75) is 0 Å². The van der Waals surface area contributed by atoms with Gasteiger partial charge in [0.1, 0.15) is 5.69 Å². The van der Waals surface area contributed by atoms with Crippen LogP contribution in [0.4, 0.5) is 16.5 Å². The number of benzene rings is 2. The molecule has 2 aromatic heterocycles. The van der Waals surface area contributed by atoms with Gasteiger partial charge in [0.2, 0.25) is 0 Å². The molecule has 0 spiro atoms. The summed E-state index contributed by atoms with van der Waals surface area (Å²) in [6.07, 6.45) is 1.65.